The van der Waals surface area contributed by atoms with Crippen LogP contribution in [-0.2, 0) is 4.79 Å². The van der Waals surface area contributed by atoms with Crippen molar-refractivity contribution in [3.8, 4) is 0 Å². The number of hydrogen-bond donors (Lipinski definition) is 1. The van der Waals surface area contributed by atoms with E-state index in [1.807, 2.05) is 36.0 Å². The lowest BCUT2D eigenvalue weighted by Gasteiger charge is -2.32. The molecule has 1 saturated heterocycles. The standard InChI is InChI=1S/C16H24N4O2/c1-11(21)20-9-5-6-12(10-20)14-8-7-13(16(22)17-2)15(18-14)19(3)4/h7-8,12H,5-6,9-10H2,1-4H3,(H,17,22)/t12-/m0/s1. The Kier molecular flexibility index (Phi) is 5.00. The van der Waals surface area contributed by atoms with Crippen LogP contribution in [0.4, 0.5) is 5.82 Å². The average Bonchev–Trinajstić information content (AvgIpc) is 2.53. The molecule has 1 aromatic heterocycles. The lowest BCUT2D eigenvalue weighted by molar-refractivity contribution is -0.130. The van der Waals surface area contributed by atoms with E-state index in [4.69, 9.17) is 0 Å². The highest BCUT2D eigenvalue weighted by atomic mass is 16.2. The minimum atomic E-state index is -0.142. The smallest absolute Gasteiger partial charge is 0.254 e. The van der Waals surface area contributed by atoms with Gasteiger partial charge < -0.3 is 15.1 Å². The van der Waals surface area contributed by atoms with Crippen molar-refractivity contribution in [3.63, 3.8) is 0 Å². The van der Waals surface area contributed by atoms with E-state index in [1.54, 1.807) is 14.0 Å². The molecule has 22 heavy (non-hydrogen) atoms. The van der Waals surface area contributed by atoms with Crippen LogP contribution < -0.4 is 10.2 Å². The third kappa shape index (κ3) is 3.37. The molecule has 1 aliphatic heterocycles. The first kappa shape index (κ1) is 16.3. The Balaban J connectivity index is 2.30. The number of carbonyl (C=O) groups excluding carboxylic acids is 2. The molecular formula is C16H24N4O2. The number of rotatable bonds is 3. The molecule has 1 N–H and O–H groups in total. The molecule has 2 amide bonds. The fourth-order valence-electron chi connectivity index (χ4n) is 2.85. The summed E-state index contributed by atoms with van der Waals surface area (Å²) < 4.78 is 0. The van der Waals surface area contributed by atoms with E-state index < -0.39 is 0 Å². The minimum Gasteiger partial charge on any atom is -0.362 e. The maximum absolute atomic E-state index is 11.9. The van der Waals surface area contributed by atoms with Gasteiger partial charge in [0.05, 0.1) is 5.56 Å². The van der Waals surface area contributed by atoms with Gasteiger partial charge in [-0.2, -0.15) is 0 Å². The Morgan fingerprint density at radius 1 is 1.36 bits per heavy atom. The first-order valence-corrected chi connectivity index (χ1v) is 7.60. The normalized spacial score (nSPS) is 18.0. The SMILES string of the molecule is CNC(=O)c1ccc([C@H]2CCCN(C(C)=O)C2)nc1N(C)C. The molecule has 1 fully saturated rings. The second kappa shape index (κ2) is 6.77. The molecule has 2 rings (SSSR count). The highest BCUT2D eigenvalue weighted by Gasteiger charge is 2.25. The first-order valence-electron chi connectivity index (χ1n) is 7.60. The highest BCUT2D eigenvalue weighted by molar-refractivity contribution is 5.98. The number of pyridine rings is 1. The summed E-state index contributed by atoms with van der Waals surface area (Å²) in [5.41, 5.74) is 1.51. The van der Waals surface area contributed by atoms with Crippen LogP contribution in [-0.4, -0.2) is 55.9 Å². The summed E-state index contributed by atoms with van der Waals surface area (Å²) in [4.78, 5) is 31.9. The largest absolute Gasteiger partial charge is 0.362 e. The number of likely N-dealkylation sites (tertiary alicyclic amines) is 1. The summed E-state index contributed by atoms with van der Waals surface area (Å²) in [5.74, 6) is 0.864. The Morgan fingerprint density at radius 2 is 2.09 bits per heavy atom. The third-order valence-electron chi connectivity index (χ3n) is 4.08. The number of anilines is 1. The van der Waals surface area contributed by atoms with Crippen LogP contribution in [0, 0.1) is 0 Å². The maximum atomic E-state index is 11.9. The zero-order valence-corrected chi connectivity index (χ0v) is 13.7. The second-order valence-corrected chi connectivity index (χ2v) is 5.89. The molecule has 0 aliphatic carbocycles. The van der Waals surface area contributed by atoms with Crippen molar-refractivity contribution in [2.24, 2.45) is 0 Å². The highest BCUT2D eigenvalue weighted by Crippen LogP contribution is 2.28. The molecule has 6 heteroatoms. The van der Waals surface area contributed by atoms with Gasteiger partial charge in [-0.15, -0.1) is 0 Å². The van der Waals surface area contributed by atoms with Crippen molar-refractivity contribution in [2.45, 2.75) is 25.7 Å². The van der Waals surface area contributed by atoms with Crippen molar-refractivity contribution in [1.29, 1.82) is 0 Å². The lowest BCUT2D eigenvalue weighted by Crippen LogP contribution is -2.38. The number of carbonyl (C=O) groups is 2. The summed E-state index contributed by atoms with van der Waals surface area (Å²) in [6.07, 6.45) is 2.00. The molecule has 0 spiro atoms. The molecule has 6 nitrogen and oxygen atoms in total. The molecule has 0 bridgehead atoms. The monoisotopic (exact) mass is 304 g/mol. The third-order valence-corrected chi connectivity index (χ3v) is 4.08. The first-order chi connectivity index (χ1) is 10.4. The van der Waals surface area contributed by atoms with Gasteiger partial charge in [-0.3, -0.25) is 9.59 Å². The van der Waals surface area contributed by atoms with Crippen molar-refractivity contribution in [3.05, 3.63) is 23.4 Å². The summed E-state index contributed by atoms with van der Waals surface area (Å²) in [6.45, 7) is 3.13. The fourth-order valence-corrected chi connectivity index (χ4v) is 2.85. The maximum Gasteiger partial charge on any atom is 0.254 e. The Labute approximate surface area is 131 Å². The van der Waals surface area contributed by atoms with Crippen molar-refractivity contribution in [1.82, 2.24) is 15.2 Å². The Bertz CT molecular complexity index is 571. The molecular weight excluding hydrogens is 280 g/mol. The van der Waals surface area contributed by atoms with Crippen LogP contribution >= 0.6 is 0 Å². The van der Waals surface area contributed by atoms with Crippen LogP contribution in [0.25, 0.3) is 0 Å². The number of amides is 2. The number of nitrogens with one attached hydrogen (secondary N) is 1. The van der Waals surface area contributed by atoms with E-state index in [2.05, 4.69) is 10.3 Å². The van der Waals surface area contributed by atoms with Crippen LogP contribution in [0.1, 0.15) is 41.7 Å². The molecule has 1 aromatic rings. The topological polar surface area (TPSA) is 65.5 Å². The number of piperidine rings is 1. The predicted molar refractivity (Wildman–Crippen MR) is 86.2 cm³/mol. The molecule has 0 aromatic carbocycles. The number of aromatic nitrogens is 1. The Morgan fingerprint density at radius 3 is 2.68 bits per heavy atom. The second-order valence-electron chi connectivity index (χ2n) is 5.89. The van der Waals surface area contributed by atoms with Gasteiger partial charge in [0.2, 0.25) is 5.91 Å². The van der Waals surface area contributed by atoms with Crippen molar-refractivity contribution >= 4 is 17.6 Å². The van der Waals surface area contributed by atoms with Gasteiger partial charge in [-0.05, 0) is 25.0 Å². The van der Waals surface area contributed by atoms with E-state index in [0.717, 1.165) is 25.1 Å². The van der Waals surface area contributed by atoms with E-state index in [9.17, 15) is 9.59 Å². The van der Waals surface area contributed by atoms with Gasteiger partial charge in [-0.1, -0.05) is 0 Å². The quantitative estimate of drug-likeness (QED) is 0.912. The van der Waals surface area contributed by atoms with Crippen LogP contribution in [0.15, 0.2) is 12.1 Å². The van der Waals surface area contributed by atoms with Crippen molar-refractivity contribution < 1.29 is 9.59 Å². The summed E-state index contributed by atoms with van der Waals surface area (Å²) in [7, 11) is 5.37. The van der Waals surface area contributed by atoms with E-state index in [-0.39, 0.29) is 17.7 Å². The average molecular weight is 304 g/mol. The predicted octanol–water partition coefficient (Wildman–Crippen LogP) is 1.23. The molecule has 1 aliphatic rings. The molecule has 2 heterocycles. The molecule has 0 radical (unpaired) electrons. The zero-order valence-electron chi connectivity index (χ0n) is 13.7. The van der Waals surface area contributed by atoms with Gasteiger partial charge >= 0.3 is 0 Å². The molecule has 120 valence electrons. The lowest BCUT2D eigenvalue weighted by atomic mass is 9.93. The van der Waals surface area contributed by atoms with E-state index in [1.165, 1.54) is 0 Å². The number of hydrogen-bond acceptors (Lipinski definition) is 4. The van der Waals surface area contributed by atoms with E-state index >= 15 is 0 Å². The van der Waals surface area contributed by atoms with Gasteiger partial charge in [0.1, 0.15) is 5.82 Å². The van der Waals surface area contributed by atoms with Gasteiger partial charge in [0.15, 0.2) is 0 Å². The van der Waals surface area contributed by atoms with E-state index in [0.29, 0.717) is 17.9 Å². The van der Waals surface area contributed by atoms with Crippen LogP contribution in [0.2, 0.25) is 0 Å². The molecule has 0 saturated carbocycles. The minimum absolute atomic E-state index is 0.111. The van der Waals surface area contributed by atoms with Gasteiger partial charge in [0, 0.05) is 52.8 Å². The van der Waals surface area contributed by atoms with Crippen LogP contribution in [0.5, 0.6) is 0 Å². The Hall–Kier alpha value is -2.11. The summed E-state index contributed by atoms with van der Waals surface area (Å²) >= 11 is 0. The summed E-state index contributed by atoms with van der Waals surface area (Å²) in [5, 5.41) is 2.64. The van der Waals surface area contributed by atoms with Crippen LogP contribution in [0.3, 0.4) is 0 Å². The zero-order chi connectivity index (χ0) is 16.3. The number of nitrogens with zero attached hydrogens (tertiary/aromatic N) is 3. The molecule has 1 atom stereocenters. The molecule has 0 unspecified atom stereocenters. The summed E-state index contributed by atoms with van der Waals surface area (Å²) in [6, 6.07) is 3.73. The fraction of sp³-hybridized carbons (Fsp3) is 0.562. The van der Waals surface area contributed by atoms with Crippen molar-refractivity contribution in [2.75, 3.05) is 39.1 Å². The van der Waals surface area contributed by atoms with Gasteiger partial charge in [0.25, 0.3) is 5.91 Å². The van der Waals surface area contributed by atoms with Gasteiger partial charge in [-0.25, -0.2) is 4.98 Å².